The Morgan fingerprint density at radius 3 is 2.78 bits per heavy atom. The highest BCUT2D eigenvalue weighted by Crippen LogP contribution is 2.36. The first kappa shape index (κ1) is 17.6. The summed E-state index contributed by atoms with van der Waals surface area (Å²) >= 11 is 3.16. The molecule has 9 heteroatoms. The number of rotatable bonds is 4. The number of amides is 3. The number of hydrogen-bond acceptors (Lipinski definition) is 4. The molecule has 1 N–H and O–H groups in total. The summed E-state index contributed by atoms with van der Waals surface area (Å²) in [6.45, 7) is 0.836. The number of halogens is 2. The van der Waals surface area contributed by atoms with Crippen LogP contribution in [0.3, 0.4) is 0 Å². The molecule has 27 heavy (non-hydrogen) atoms. The fraction of sp³-hybridized carbons (Fsp3) is 0.222. The second-order valence-electron chi connectivity index (χ2n) is 6.07. The molecule has 0 unspecified atom stereocenters. The zero-order valence-electron chi connectivity index (χ0n) is 14.1. The molecule has 7 nitrogen and oxygen atoms in total. The average Bonchev–Trinajstić information content (AvgIpc) is 3.24. The van der Waals surface area contributed by atoms with E-state index in [1.54, 1.807) is 29.2 Å². The van der Waals surface area contributed by atoms with Crippen LogP contribution in [-0.4, -0.2) is 43.3 Å². The van der Waals surface area contributed by atoms with Gasteiger partial charge in [-0.1, -0.05) is 15.9 Å². The predicted molar refractivity (Wildman–Crippen MR) is 99.6 cm³/mol. The molecule has 0 atom stereocenters. The van der Waals surface area contributed by atoms with E-state index in [2.05, 4.69) is 21.2 Å². The Morgan fingerprint density at radius 1 is 1.15 bits per heavy atom. The maximum atomic E-state index is 13.8. The van der Waals surface area contributed by atoms with E-state index in [-0.39, 0.29) is 25.1 Å². The summed E-state index contributed by atoms with van der Waals surface area (Å²) in [6, 6.07) is 9.31. The van der Waals surface area contributed by atoms with Crippen molar-refractivity contribution in [3.8, 4) is 11.5 Å². The van der Waals surface area contributed by atoms with Gasteiger partial charge in [-0.2, -0.15) is 0 Å². The largest absolute Gasteiger partial charge is 0.454 e. The lowest BCUT2D eigenvalue weighted by molar-refractivity contribution is -0.116. The summed E-state index contributed by atoms with van der Waals surface area (Å²) in [4.78, 5) is 27.8. The Labute approximate surface area is 162 Å². The summed E-state index contributed by atoms with van der Waals surface area (Å²) in [5.74, 6) is 0.213. The van der Waals surface area contributed by atoms with Gasteiger partial charge in [-0.15, -0.1) is 0 Å². The van der Waals surface area contributed by atoms with Gasteiger partial charge in [-0.05, 0) is 30.3 Å². The molecule has 3 amide bonds. The van der Waals surface area contributed by atoms with E-state index in [9.17, 15) is 14.0 Å². The molecule has 0 spiro atoms. The minimum Gasteiger partial charge on any atom is -0.454 e. The zero-order chi connectivity index (χ0) is 19.0. The number of benzene rings is 2. The van der Waals surface area contributed by atoms with Crippen molar-refractivity contribution in [3.05, 3.63) is 46.7 Å². The second kappa shape index (κ2) is 7.07. The van der Waals surface area contributed by atoms with Gasteiger partial charge >= 0.3 is 6.03 Å². The topological polar surface area (TPSA) is 71.1 Å². The molecular formula is C18H15BrFN3O4. The first-order valence-corrected chi connectivity index (χ1v) is 9.01. The van der Waals surface area contributed by atoms with E-state index < -0.39 is 11.7 Å². The Hall–Kier alpha value is -2.81. The van der Waals surface area contributed by atoms with Crippen molar-refractivity contribution in [1.29, 1.82) is 0 Å². The number of nitrogens with zero attached hydrogens (tertiary/aromatic N) is 2. The number of carbonyl (C=O) groups is 2. The fourth-order valence-electron chi connectivity index (χ4n) is 2.98. The molecule has 0 saturated carbocycles. The average molecular weight is 436 g/mol. The van der Waals surface area contributed by atoms with Crippen LogP contribution in [-0.2, 0) is 4.79 Å². The highest BCUT2D eigenvalue weighted by atomic mass is 79.9. The number of ether oxygens (including phenoxy) is 2. The molecule has 0 aliphatic carbocycles. The minimum atomic E-state index is -0.549. The normalized spacial score (nSPS) is 15.4. The maximum Gasteiger partial charge on any atom is 0.325 e. The minimum absolute atomic E-state index is 0.0717. The van der Waals surface area contributed by atoms with Crippen LogP contribution in [0.1, 0.15) is 0 Å². The second-order valence-corrected chi connectivity index (χ2v) is 6.98. The molecule has 0 radical (unpaired) electrons. The molecule has 2 heterocycles. The van der Waals surface area contributed by atoms with Crippen LogP contribution in [0.5, 0.6) is 11.5 Å². The first-order valence-electron chi connectivity index (χ1n) is 8.22. The number of carbonyl (C=O) groups excluding carboxylic acids is 2. The van der Waals surface area contributed by atoms with Crippen LogP contribution in [0, 0.1) is 5.82 Å². The van der Waals surface area contributed by atoms with Gasteiger partial charge in [0.25, 0.3) is 0 Å². The SMILES string of the molecule is O=C(CN1CCN(c2ccc3c(c2)OCO3)C1=O)Nc1ccc(Br)cc1F. The lowest BCUT2D eigenvalue weighted by Crippen LogP contribution is -2.37. The van der Waals surface area contributed by atoms with E-state index in [0.29, 0.717) is 34.7 Å². The molecule has 4 rings (SSSR count). The van der Waals surface area contributed by atoms with Gasteiger partial charge in [-0.3, -0.25) is 9.69 Å². The van der Waals surface area contributed by atoms with Gasteiger partial charge in [0, 0.05) is 29.3 Å². The van der Waals surface area contributed by atoms with Crippen molar-refractivity contribution < 1.29 is 23.5 Å². The van der Waals surface area contributed by atoms with Crippen molar-refractivity contribution in [2.24, 2.45) is 0 Å². The quantitative estimate of drug-likeness (QED) is 0.800. The van der Waals surface area contributed by atoms with Gasteiger partial charge in [0.1, 0.15) is 12.4 Å². The van der Waals surface area contributed by atoms with Crippen LogP contribution in [0.25, 0.3) is 0 Å². The van der Waals surface area contributed by atoms with Crippen LogP contribution in [0.2, 0.25) is 0 Å². The van der Waals surface area contributed by atoms with E-state index in [0.717, 1.165) is 0 Å². The summed E-state index contributed by atoms with van der Waals surface area (Å²) in [5, 5.41) is 2.49. The lowest BCUT2D eigenvalue weighted by Gasteiger charge is -2.18. The third-order valence-corrected chi connectivity index (χ3v) is 4.80. The summed E-state index contributed by atoms with van der Waals surface area (Å²) in [5.41, 5.74) is 0.744. The standard InChI is InChI=1S/C18H15BrFN3O4/c19-11-1-3-14(13(20)7-11)21-17(24)9-22-5-6-23(18(22)25)12-2-4-15-16(8-12)27-10-26-15/h1-4,7-8H,5-6,9-10H2,(H,21,24). The monoisotopic (exact) mass is 435 g/mol. The van der Waals surface area contributed by atoms with E-state index >= 15 is 0 Å². The molecule has 2 aliphatic heterocycles. The number of anilines is 2. The molecule has 2 aromatic carbocycles. The highest BCUT2D eigenvalue weighted by molar-refractivity contribution is 9.10. The number of urea groups is 1. The van der Waals surface area contributed by atoms with Gasteiger partial charge < -0.3 is 19.7 Å². The van der Waals surface area contributed by atoms with Crippen LogP contribution in [0.15, 0.2) is 40.9 Å². The van der Waals surface area contributed by atoms with Crippen LogP contribution >= 0.6 is 15.9 Å². The Balaban J connectivity index is 1.40. The van der Waals surface area contributed by atoms with Crippen molar-refractivity contribution in [3.63, 3.8) is 0 Å². The molecule has 1 fully saturated rings. The maximum absolute atomic E-state index is 13.8. The third-order valence-electron chi connectivity index (χ3n) is 4.30. The third kappa shape index (κ3) is 3.55. The van der Waals surface area contributed by atoms with Gasteiger partial charge in [0.2, 0.25) is 12.7 Å². The predicted octanol–water partition coefficient (Wildman–Crippen LogP) is 3.20. The Bertz CT molecular complexity index is 923. The van der Waals surface area contributed by atoms with E-state index in [1.165, 1.54) is 17.0 Å². The molecule has 1 saturated heterocycles. The van der Waals surface area contributed by atoms with Crippen LogP contribution < -0.4 is 19.7 Å². The molecule has 0 aromatic heterocycles. The van der Waals surface area contributed by atoms with Gasteiger partial charge in [0.05, 0.1) is 5.69 Å². The molecule has 2 aromatic rings. The van der Waals surface area contributed by atoms with Gasteiger partial charge in [-0.25, -0.2) is 9.18 Å². The van der Waals surface area contributed by atoms with E-state index in [4.69, 9.17) is 9.47 Å². The number of fused-ring (bicyclic) bond motifs is 1. The van der Waals surface area contributed by atoms with Crippen molar-refractivity contribution in [2.75, 3.05) is 36.6 Å². The Morgan fingerprint density at radius 2 is 1.96 bits per heavy atom. The Kier molecular flexibility index (Phi) is 4.61. The summed E-state index contributed by atoms with van der Waals surface area (Å²) < 4.78 is 25.0. The molecular weight excluding hydrogens is 421 g/mol. The highest BCUT2D eigenvalue weighted by Gasteiger charge is 2.31. The summed E-state index contributed by atoms with van der Waals surface area (Å²) in [7, 11) is 0. The molecule has 0 bridgehead atoms. The fourth-order valence-corrected chi connectivity index (χ4v) is 3.31. The smallest absolute Gasteiger partial charge is 0.325 e. The number of hydrogen-bond donors (Lipinski definition) is 1. The lowest BCUT2D eigenvalue weighted by atomic mass is 10.2. The molecule has 2 aliphatic rings. The molecule has 140 valence electrons. The van der Waals surface area contributed by atoms with Crippen molar-refractivity contribution in [2.45, 2.75) is 0 Å². The van der Waals surface area contributed by atoms with Crippen molar-refractivity contribution >= 4 is 39.2 Å². The number of nitrogens with one attached hydrogen (secondary N) is 1. The zero-order valence-corrected chi connectivity index (χ0v) is 15.7. The first-order chi connectivity index (χ1) is 13.0. The summed E-state index contributed by atoms with van der Waals surface area (Å²) in [6.07, 6.45) is 0. The van der Waals surface area contributed by atoms with Crippen molar-refractivity contribution in [1.82, 2.24) is 4.90 Å². The van der Waals surface area contributed by atoms with Gasteiger partial charge in [0.15, 0.2) is 11.5 Å². The van der Waals surface area contributed by atoms with E-state index in [1.807, 2.05) is 0 Å². The van der Waals surface area contributed by atoms with Crippen LogP contribution in [0.4, 0.5) is 20.6 Å².